The summed E-state index contributed by atoms with van der Waals surface area (Å²) in [5.41, 5.74) is 0.950. The van der Waals surface area contributed by atoms with Crippen molar-refractivity contribution in [2.24, 2.45) is 13.0 Å². The van der Waals surface area contributed by atoms with Gasteiger partial charge in [-0.2, -0.15) is 23.4 Å². The molecule has 29 heavy (non-hydrogen) atoms. The molecule has 3 atom stereocenters. The Morgan fingerprint density at radius 1 is 1.34 bits per heavy atom. The lowest BCUT2D eigenvalue weighted by atomic mass is 9.94. The summed E-state index contributed by atoms with van der Waals surface area (Å²) in [6, 6.07) is 1.03. The number of alkyl halides is 3. The van der Waals surface area contributed by atoms with Gasteiger partial charge in [0.25, 0.3) is 5.91 Å². The molecule has 2 aliphatic rings. The Labute approximate surface area is 166 Å². The smallest absolute Gasteiger partial charge is 0.367 e. The number of nitrogens with zero attached hydrogens (tertiary/aromatic N) is 5. The van der Waals surface area contributed by atoms with Crippen molar-refractivity contribution in [3.63, 3.8) is 0 Å². The number of anilines is 1. The van der Waals surface area contributed by atoms with Crippen LogP contribution in [-0.2, 0) is 7.05 Å². The van der Waals surface area contributed by atoms with Gasteiger partial charge < -0.3 is 10.2 Å². The van der Waals surface area contributed by atoms with Gasteiger partial charge in [0.2, 0.25) is 0 Å². The molecule has 4 rings (SSSR count). The fourth-order valence-corrected chi connectivity index (χ4v) is 4.27. The van der Waals surface area contributed by atoms with Gasteiger partial charge in [0.1, 0.15) is 11.5 Å². The number of aryl methyl sites for hydroxylation is 1. The summed E-state index contributed by atoms with van der Waals surface area (Å²) in [6.45, 7) is 4.36. The molecule has 1 amide bonds. The number of aromatic nitrogens is 4. The first-order chi connectivity index (χ1) is 13.7. The molecule has 10 heteroatoms. The SMILES string of the molecule is CC(C)[C@@H]1C[C@H](C(F)(F)F)n2nc([C@H]3CCCN3C(=O)c3ccnn3C)cc2N1. The molecular formula is C19H25F3N6O. The number of nitrogens with one attached hydrogen (secondary N) is 1. The number of fused-ring (bicyclic) bond motifs is 1. The highest BCUT2D eigenvalue weighted by molar-refractivity contribution is 5.93. The van der Waals surface area contributed by atoms with Crippen LogP contribution < -0.4 is 5.32 Å². The average molecular weight is 410 g/mol. The zero-order valence-electron chi connectivity index (χ0n) is 16.6. The molecule has 7 nitrogen and oxygen atoms in total. The van der Waals surface area contributed by atoms with Crippen molar-refractivity contribution in [3.8, 4) is 0 Å². The van der Waals surface area contributed by atoms with Gasteiger partial charge in [-0.05, 0) is 31.2 Å². The zero-order chi connectivity index (χ0) is 20.9. The van der Waals surface area contributed by atoms with E-state index in [1.54, 1.807) is 30.3 Å². The molecular weight excluding hydrogens is 385 g/mol. The molecule has 0 unspecified atom stereocenters. The third kappa shape index (κ3) is 3.49. The fraction of sp³-hybridized carbons (Fsp3) is 0.632. The summed E-state index contributed by atoms with van der Waals surface area (Å²) >= 11 is 0. The summed E-state index contributed by atoms with van der Waals surface area (Å²) in [4.78, 5) is 14.6. The monoisotopic (exact) mass is 410 g/mol. The number of rotatable bonds is 3. The normalized spacial score (nSPS) is 24.7. The van der Waals surface area contributed by atoms with Gasteiger partial charge in [0.15, 0.2) is 6.04 Å². The van der Waals surface area contributed by atoms with Gasteiger partial charge in [0, 0.05) is 31.9 Å². The van der Waals surface area contributed by atoms with Gasteiger partial charge >= 0.3 is 6.18 Å². The van der Waals surface area contributed by atoms with E-state index in [1.165, 1.54) is 4.68 Å². The average Bonchev–Trinajstić information content (AvgIpc) is 3.37. The van der Waals surface area contributed by atoms with Crippen LogP contribution in [0.15, 0.2) is 18.3 Å². The van der Waals surface area contributed by atoms with E-state index in [0.717, 1.165) is 11.1 Å². The van der Waals surface area contributed by atoms with Crippen molar-refractivity contribution >= 4 is 11.7 Å². The minimum Gasteiger partial charge on any atom is -0.367 e. The van der Waals surface area contributed by atoms with Crippen LogP contribution in [0.5, 0.6) is 0 Å². The summed E-state index contributed by atoms with van der Waals surface area (Å²) in [5, 5.41) is 11.6. The Morgan fingerprint density at radius 3 is 2.72 bits per heavy atom. The van der Waals surface area contributed by atoms with Crippen LogP contribution in [0, 0.1) is 5.92 Å². The predicted molar refractivity (Wildman–Crippen MR) is 100 cm³/mol. The van der Waals surface area contributed by atoms with Crippen molar-refractivity contribution in [1.29, 1.82) is 0 Å². The molecule has 2 aliphatic heterocycles. The summed E-state index contributed by atoms with van der Waals surface area (Å²) in [7, 11) is 1.69. The van der Waals surface area contributed by atoms with Crippen LogP contribution in [0.1, 0.15) is 61.4 Å². The maximum absolute atomic E-state index is 13.7. The second-order valence-electron chi connectivity index (χ2n) is 8.18. The van der Waals surface area contributed by atoms with Gasteiger partial charge in [-0.3, -0.25) is 9.48 Å². The quantitative estimate of drug-likeness (QED) is 0.841. The van der Waals surface area contributed by atoms with Crippen molar-refractivity contribution in [1.82, 2.24) is 24.5 Å². The van der Waals surface area contributed by atoms with Crippen molar-refractivity contribution in [2.75, 3.05) is 11.9 Å². The van der Waals surface area contributed by atoms with E-state index in [4.69, 9.17) is 0 Å². The molecule has 2 aromatic rings. The second kappa shape index (κ2) is 7.07. The third-order valence-corrected chi connectivity index (χ3v) is 5.94. The minimum atomic E-state index is -4.38. The number of hydrogen-bond acceptors (Lipinski definition) is 4. The van der Waals surface area contributed by atoms with Gasteiger partial charge in [-0.15, -0.1) is 0 Å². The molecule has 158 valence electrons. The lowest BCUT2D eigenvalue weighted by Gasteiger charge is -2.35. The standard InChI is InChI=1S/C19H25F3N6O/c1-11(2)12-9-16(19(20,21)22)28-17(24-12)10-13(25-28)14-5-4-8-27(14)18(29)15-6-7-23-26(15)3/h6-7,10-12,14,16,24H,4-5,8-9H2,1-3H3/t12-,14+,16+/m0/s1. The Kier molecular flexibility index (Phi) is 4.82. The summed E-state index contributed by atoms with van der Waals surface area (Å²) in [6.07, 6.45) is -1.44. The van der Waals surface area contributed by atoms with Crippen LogP contribution >= 0.6 is 0 Å². The van der Waals surface area contributed by atoms with E-state index in [1.807, 2.05) is 13.8 Å². The highest BCUT2D eigenvalue weighted by Gasteiger charge is 2.47. The summed E-state index contributed by atoms with van der Waals surface area (Å²) < 4.78 is 43.7. The number of hydrogen-bond donors (Lipinski definition) is 1. The number of carbonyl (C=O) groups excluding carboxylic acids is 1. The maximum atomic E-state index is 13.7. The second-order valence-corrected chi connectivity index (χ2v) is 8.18. The largest absolute Gasteiger partial charge is 0.410 e. The molecule has 0 spiro atoms. The van der Waals surface area contributed by atoms with Crippen LogP contribution in [0.25, 0.3) is 0 Å². The topological polar surface area (TPSA) is 68.0 Å². The van der Waals surface area contributed by atoms with Crippen molar-refractivity contribution in [2.45, 2.75) is 57.4 Å². The third-order valence-electron chi connectivity index (χ3n) is 5.94. The van der Waals surface area contributed by atoms with E-state index < -0.39 is 12.2 Å². The molecule has 2 aromatic heterocycles. The molecule has 1 fully saturated rings. The van der Waals surface area contributed by atoms with Crippen LogP contribution in [0.3, 0.4) is 0 Å². The highest BCUT2D eigenvalue weighted by atomic mass is 19.4. The van der Waals surface area contributed by atoms with E-state index >= 15 is 0 Å². The predicted octanol–water partition coefficient (Wildman–Crippen LogP) is 3.54. The Morgan fingerprint density at radius 2 is 2.10 bits per heavy atom. The van der Waals surface area contributed by atoms with Gasteiger partial charge in [0.05, 0.1) is 11.7 Å². The Hall–Kier alpha value is -2.52. The van der Waals surface area contributed by atoms with Gasteiger partial charge in [-0.1, -0.05) is 13.8 Å². The van der Waals surface area contributed by atoms with E-state index in [9.17, 15) is 18.0 Å². The number of halogens is 3. The first-order valence-corrected chi connectivity index (χ1v) is 9.88. The molecule has 0 saturated carbocycles. The lowest BCUT2D eigenvalue weighted by Crippen LogP contribution is -2.41. The Bertz CT molecular complexity index is 902. The summed E-state index contributed by atoms with van der Waals surface area (Å²) in [5.74, 6) is 0.243. The highest BCUT2D eigenvalue weighted by Crippen LogP contribution is 2.42. The first kappa shape index (κ1) is 19.8. The molecule has 0 bridgehead atoms. The molecule has 1 saturated heterocycles. The van der Waals surface area contributed by atoms with Crippen molar-refractivity contribution in [3.05, 3.63) is 29.7 Å². The van der Waals surface area contributed by atoms with Crippen LogP contribution in [0.4, 0.5) is 19.0 Å². The minimum absolute atomic E-state index is 0.0568. The maximum Gasteiger partial charge on any atom is 0.410 e. The van der Waals surface area contributed by atoms with Crippen molar-refractivity contribution < 1.29 is 18.0 Å². The Balaban J connectivity index is 1.66. The number of likely N-dealkylation sites (tertiary alicyclic amines) is 1. The molecule has 1 N–H and O–H groups in total. The van der Waals surface area contributed by atoms with E-state index in [2.05, 4.69) is 15.5 Å². The zero-order valence-corrected chi connectivity index (χ0v) is 16.6. The van der Waals surface area contributed by atoms with E-state index in [0.29, 0.717) is 30.2 Å². The molecule has 0 aliphatic carbocycles. The van der Waals surface area contributed by atoms with Crippen LogP contribution in [-0.4, -0.2) is 49.1 Å². The van der Waals surface area contributed by atoms with Crippen LogP contribution in [0.2, 0.25) is 0 Å². The molecule has 0 radical (unpaired) electrons. The molecule has 0 aromatic carbocycles. The molecule has 4 heterocycles. The number of carbonyl (C=O) groups is 1. The number of amides is 1. The lowest BCUT2D eigenvalue weighted by molar-refractivity contribution is -0.174. The fourth-order valence-electron chi connectivity index (χ4n) is 4.27. The van der Waals surface area contributed by atoms with Gasteiger partial charge in [-0.25, -0.2) is 4.68 Å². The van der Waals surface area contributed by atoms with E-state index in [-0.39, 0.29) is 30.3 Å². The first-order valence-electron chi connectivity index (χ1n) is 9.88.